The molecule has 0 aliphatic heterocycles. The second-order valence-corrected chi connectivity index (χ2v) is 4.53. The lowest BCUT2D eigenvalue weighted by Gasteiger charge is -2.22. The first-order chi connectivity index (χ1) is 8.98. The van der Waals surface area contributed by atoms with Gasteiger partial charge in [0.25, 0.3) is 0 Å². The average Bonchev–Trinajstić information content (AvgIpc) is 2.29. The van der Waals surface area contributed by atoms with E-state index in [2.05, 4.69) is 0 Å². The monoisotopic (exact) mass is 291 g/mol. The molecule has 0 radical (unpaired) electrons. The van der Waals surface area contributed by atoms with E-state index in [-0.39, 0.29) is 5.69 Å². The van der Waals surface area contributed by atoms with Crippen LogP contribution >= 0.6 is 0 Å². The third-order valence-electron chi connectivity index (χ3n) is 2.93. The minimum atomic E-state index is -4.75. The van der Waals surface area contributed by atoms with E-state index in [1.54, 1.807) is 0 Å². The number of carboxylic acid groups (broad SMARTS) is 2. The molecule has 1 aromatic carbocycles. The number of rotatable bonds is 4. The van der Waals surface area contributed by atoms with E-state index in [1.165, 1.54) is 0 Å². The normalized spacial score (nSPS) is 12.2. The van der Waals surface area contributed by atoms with E-state index in [4.69, 9.17) is 15.9 Å². The van der Waals surface area contributed by atoms with E-state index in [1.807, 2.05) is 0 Å². The fraction of sp³-hybridized carbons (Fsp3) is 0.333. The Kier molecular flexibility index (Phi) is 3.97. The van der Waals surface area contributed by atoms with E-state index in [0.29, 0.717) is 6.07 Å². The first kappa shape index (κ1) is 15.8. The standard InChI is InChI=1S/C12H12F3NO4/c1-11(9(17)18,10(19)20)5-6-2-3-7(16)4-8(6)12(13,14)15/h2-4H,5,16H2,1H3,(H,17,18)(H,19,20). The van der Waals surface area contributed by atoms with Crippen LogP contribution in [0.3, 0.4) is 0 Å². The van der Waals surface area contributed by atoms with Gasteiger partial charge >= 0.3 is 18.1 Å². The molecule has 4 N–H and O–H groups in total. The predicted molar refractivity (Wildman–Crippen MR) is 62.9 cm³/mol. The van der Waals surface area contributed by atoms with Crippen molar-refractivity contribution in [2.24, 2.45) is 5.41 Å². The SMILES string of the molecule is CC(Cc1ccc(N)cc1C(F)(F)F)(C(=O)O)C(=O)O. The molecule has 0 aliphatic carbocycles. The minimum Gasteiger partial charge on any atom is -0.480 e. The molecule has 0 atom stereocenters. The van der Waals surface area contributed by atoms with E-state index < -0.39 is 41.1 Å². The fourth-order valence-electron chi connectivity index (χ4n) is 1.64. The molecule has 8 heteroatoms. The number of nitrogens with two attached hydrogens (primary N) is 1. The first-order valence-corrected chi connectivity index (χ1v) is 5.41. The van der Waals surface area contributed by atoms with Crippen molar-refractivity contribution >= 4 is 17.6 Å². The van der Waals surface area contributed by atoms with Crippen LogP contribution < -0.4 is 5.73 Å². The highest BCUT2D eigenvalue weighted by atomic mass is 19.4. The zero-order chi connectivity index (χ0) is 15.7. The van der Waals surface area contributed by atoms with Crippen LogP contribution in [0.5, 0.6) is 0 Å². The van der Waals surface area contributed by atoms with Gasteiger partial charge < -0.3 is 15.9 Å². The van der Waals surface area contributed by atoms with Crippen LogP contribution in [0.4, 0.5) is 18.9 Å². The van der Waals surface area contributed by atoms with Crippen molar-refractivity contribution < 1.29 is 33.0 Å². The highest BCUT2D eigenvalue weighted by Gasteiger charge is 2.44. The van der Waals surface area contributed by atoms with Gasteiger partial charge in [0.05, 0.1) is 5.56 Å². The van der Waals surface area contributed by atoms with Crippen molar-refractivity contribution in [3.8, 4) is 0 Å². The lowest BCUT2D eigenvalue weighted by Crippen LogP contribution is -2.38. The van der Waals surface area contributed by atoms with Crippen LogP contribution in [0.25, 0.3) is 0 Å². The van der Waals surface area contributed by atoms with Gasteiger partial charge in [0.15, 0.2) is 5.41 Å². The molecule has 0 aliphatic rings. The number of anilines is 1. The summed E-state index contributed by atoms with van der Waals surface area (Å²) in [6, 6.07) is 2.80. The molecule has 110 valence electrons. The summed E-state index contributed by atoms with van der Waals surface area (Å²) in [7, 11) is 0. The zero-order valence-electron chi connectivity index (χ0n) is 10.4. The quantitative estimate of drug-likeness (QED) is 0.582. The largest absolute Gasteiger partial charge is 0.480 e. The van der Waals surface area contributed by atoms with E-state index in [9.17, 15) is 22.8 Å². The maximum Gasteiger partial charge on any atom is 0.416 e. The molecule has 0 amide bonds. The Hall–Kier alpha value is -2.25. The second kappa shape index (κ2) is 5.03. The van der Waals surface area contributed by atoms with Crippen molar-refractivity contribution in [2.75, 3.05) is 5.73 Å². The maximum atomic E-state index is 12.9. The molecule has 0 aromatic heterocycles. The van der Waals surface area contributed by atoms with Crippen LogP contribution in [0.2, 0.25) is 0 Å². The molecule has 5 nitrogen and oxygen atoms in total. The summed E-state index contributed by atoms with van der Waals surface area (Å²) in [6.45, 7) is 0.855. The minimum absolute atomic E-state index is 0.145. The zero-order valence-corrected chi connectivity index (χ0v) is 10.4. The number of hydrogen-bond acceptors (Lipinski definition) is 3. The Bertz CT molecular complexity index is 540. The number of alkyl halides is 3. The molecule has 1 rings (SSSR count). The van der Waals surface area contributed by atoms with Gasteiger partial charge in [-0.25, -0.2) is 0 Å². The average molecular weight is 291 g/mol. The summed E-state index contributed by atoms with van der Waals surface area (Å²) in [5.41, 5.74) is 1.21. The van der Waals surface area contributed by atoms with Crippen LogP contribution in [-0.2, 0) is 22.2 Å². The van der Waals surface area contributed by atoms with Gasteiger partial charge in [-0.2, -0.15) is 13.2 Å². The van der Waals surface area contributed by atoms with Gasteiger partial charge in [-0.3, -0.25) is 9.59 Å². The van der Waals surface area contributed by atoms with Crippen molar-refractivity contribution in [3.05, 3.63) is 29.3 Å². The second-order valence-electron chi connectivity index (χ2n) is 4.53. The Labute approximate surface area is 111 Å². The highest BCUT2D eigenvalue weighted by molar-refractivity contribution is 5.98. The Morgan fingerprint density at radius 3 is 2.10 bits per heavy atom. The van der Waals surface area contributed by atoms with Crippen molar-refractivity contribution in [2.45, 2.75) is 19.5 Å². The third kappa shape index (κ3) is 3.01. The number of carboxylic acids is 2. The predicted octanol–water partition coefficient (Wildman–Crippen LogP) is 2.01. The Balaban J connectivity index is 3.35. The third-order valence-corrected chi connectivity index (χ3v) is 2.93. The molecule has 0 fully saturated rings. The van der Waals surface area contributed by atoms with Gasteiger partial charge in [0.1, 0.15) is 0 Å². The van der Waals surface area contributed by atoms with E-state index >= 15 is 0 Å². The lowest BCUT2D eigenvalue weighted by molar-refractivity contribution is -0.163. The van der Waals surface area contributed by atoms with Crippen LogP contribution in [-0.4, -0.2) is 22.2 Å². The summed E-state index contributed by atoms with van der Waals surface area (Å²) in [4.78, 5) is 22.0. The molecule has 1 aromatic rings. The summed E-state index contributed by atoms with van der Waals surface area (Å²) in [5.74, 6) is -3.43. The van der Waals surface area contributed by atoms with E-state index in [0.717, 1.165) is 19.1 Å². The van der Waals surface area contributed by atoms with Crippen LogP contribution in [0.1, 0.15) is 18.1 Å². The molecule has 0 spiro atoms. The van der Waals surface area contributed by atoms with Gasteiger partial charge in [-0.15, -0.1) is 0 Å². The Morgan fingerprint density at radius 2 is 1.70 bits per heavy atom. The summed E-state index contributed by atoms with van der Waals surface area (Å²) in [5, 5.41) is 17.9. The first-order valence-electron chi connectivity index (χ1n) is 5.41. The van der Waals surface area contributed by atoms with Gasteiger partial charge in [0, 0.05) is 5.69 Å². The van der Waals surface area contributed by atoms with Gasteiger partial charge in [0.2, 0.25) is 0 Å². The fourth-order valence-corrected chi connectivity index (χ4v) is 1.64. The van der Waals surface area contributed by atoms with Crippen molar-refractivity contribution in [3.63, 3.8) is 0 Å². The number of nitrogen functional groups attached to an aromatic ring is 1. The highest BCUT2D eigenvalue weighted by Crippen LogP contribution is 2.36. The number of carbonyl (C=O) groups is 2. The molecular formula is C12H12F3NO4. The Morgan fingerprint density at radius 1 is 1.20 bits per heavy atom. The summed E-state index contributed by atoms with van der Waals surface area (Å²) < 4.78 is 38.6. The number of halogens is 3. The lowest BCUT2D eigenvalue weighted by atomic mass is 9.82. The maximum absolute atomic E-state index is 12.9. The molecule has 0 heterocycles. The molecule has 20 heavy (non-hydrogen) atoms. The van der Waals surface area contributed by atoms with Crippen molar-refractivity contribution in [1.82, 2.24) is 0 Å². The molecule has 0 saturated heterocycles. The van der Waals surface area contributed by atoms with Crippen molar-refractivity contribution in [1.29, 1.82) is 0 Å². The molecule has 0 saturated carbocycles. The number of aliphatic carboxylic acids is 2. The summed E-state index contributed by atoms with van der Waals surface area (Å²) >= 11 is 0. The van der Waals surface area contributed by atoms with Gasteiger partial charge in [-0.1, -0.05) is 6.07 Å². The van der Waals surface area contributed by atoms with Gasteiger partial charge in [-0.05, 0) is 31.0 Å². The molecular weight excluding hydrogens is 279 g/mol. The summed E-state index contributed by atoms with van der Waals surface area (Å²) in [6.07, 6.45) is -5.55. The molecule has 0 bridgehead atoms. The topological polar surface area (TPSA) is 101 Å². The molecule has 0 unspecified atom stereocenters. The smallest absolute Gasteiger partial charge is 0.416 e. The number of hydrogen-bond donors (Lipinski definition) is 3. The number of benzene rings is 1. The van der Waals surface area contributed by atoms with Crippen LogP contribution in [0, 0.1) is 5.41 Å². The van der Waals surface area contributed by atoms with Crippen LogP contribution in [0.15, 0.2) is 18.2 Å².